The molecule has 3 N–H and O–H groups in total. The van der Waals surface area contributed by atoms with E-state index in [4.69, 9.17) is 5.73 Å². The summed E-state index contributed by atoms with van der Waals surface area (Å²) in [4.78, 5) is 0.293. The molecule has 0 amide bonds. The van der Waals surface area contributed by atoms with Crippen LogP contribution in [-0.4, -0.2) is 42.1 Å². The molecule has 1 aliphatic heterocycles. The lowest BCUT2D eigenvalue weighted by Gasteiger charge is -2.15. The molecule has 1 atom stereocenters. The van der Waals surface area contributed by atoms with E-state index in [0.717, 1.165) is 6.42 Å². The quantitative estimate of drug-likeness (QED) is 0.808. The van der Waals surface area contributed by atoms with Crippen LogP contribution in [0.25, 0.3) is 0 Å². The first kappa shape index (κ1) is 14.4. The molecule has 1 aromatic heterocycles. The number of H-pyrrole nitrogens is 1. The summed E-state index contributed by atoms with van der Waals surface area (Å²) in [6, 6.07) is -0.0534. The summed E-state index contributed by atoms with van der Waals surface area (Å²) in [7, 11) is -3.43. The first-order valence-corrected chi connectivity index (χ1v) is 6.64. The Morgan fingerprint density at radius 1 is 1.47 bits per heavy atom. The standard InChI is InChI=1S/C9H16N4O2S.ClH/c1-6-9(7(2)12-11-6)16(14,15)13-4-3-8(10)5-13;/h8H,3-5,10H2,1-2H3,(H,11,12);1H. The lowest BCUT2D eigenvalue weighted by molar-refractivity contribution is 0.471. The first-order chi connectivity index (χ1) is 7.43. The van der Waals surface area contributed by atoms with Gasteiger partial charge in [-0.3, -0.25) is 5.10 Å². The fourth-order valence-electron chi connectivity index (χ4n) is 2.02. The average molecular weight is 281 g/mol. The molecule has 6 nitrogen and oxygen atoms in total. The zero-order chi connectivity index (χ0) is 11.9. The van der Waals surface area contributed by atoms with Crippen molar-refractivity contribution < 1.29 is 8.42 Å². The summed E-state index contributed by atoms with van der Waals surface area (Å²) in [5.74, 6) is 0. The highest BCUT2D eigenvalue weighted by molar-refractivity contribution is 7.89. The van der Waals surface area contributed by atoms with E-state index in [2.05, 4.69) is 10.2 Å². The van der Waals surface area contributed by atoms with E-state index in [-0.39, 0.29) is 18.4 Å². The SMILES string of the molecule is Cc1n[nH]c(C)c1S(=O)(=O)N1CCC(N)C1.Cl. The normalized spacial score (nSPS) is 21.5. The van der Waals surface area contributed by atoms with Crippen LogP contribution in [0.3, 0.4) is 0 Å². The molecular weight excluding hydrogens is 264 g/mol. The molecule has 1 aromatic rings. The molecular formula is C9H17ClN4O2S. The van der Waals surface area contributed by atoms with Gasteiger partial charge in [0, 0.05) is 19.1 Å². The molecule has 2 heterocycles. The van der Waals surface area contributed by atoms with Crippen molar-refractivity contribution in [2.75, 3.05) is 13.1 Å². The molecule has 0 spiro atoms. The fourth-order valence-corrected chi connectivity index (χ4v) is 3.87. The predicted molar refractivity (Wildman–Crippen MR) is 66.7 cm³/mol. The van der Waals surface area contributed by atoms with Crippen molar-refractivity contribution in [1.29, 1.82) is 0 Å². The maximum atomic E-state index is 12.3. The van der Waals surface area contributed by atoms with E-state index in [1.165, 1.54) is 4.31 Å². The van der Waals surface area contributed by atoms with Crippen LogP contribution in [0, 0.1) is 13.8 Å². The van der Waals surface area contributed by atoms with Crippen molar-refractivity contribution >= 4 is 22.4 Å². The van der Waals surface area contributed by atoms with Crippen LogP contribution in [0.1, 0.15) is 17.8 Å². The minimum absolute atomic E-state index is 0. The number of nitrogens with zero attached hydrogens (tertiary/aromatic N) is 2. The molecule has 8 heteroatoms. The highest BCUT2D eigenvalue weighted by Crippen LogP contribution is 2.24. The van der Waals surface area contributed by atoms with E-state index in [1.54, 1.807) is 13.8 Å². The summed E-state index contributed by atoms with van der Waals surface area (Å²) in [5.41, 5.74) is 6.82. The van der Waals surface area contributed by atoms with Gasteiger partial charge in [-0.15, -0.1) is 12.4 Å². The Balaban J connectivity index is 0.00000144. The molecule has 2 rings (SSSR count). The van der Waals surface area contributed by atoms with Gasteiger partial charge in [-0.25, -0.2) is 8.42 Å². The van der Waals surface area contributed by atoms with Crippen molar-refractivity contribution in [3.05, 3.63) is 11.4 Å². The topological polar surface area (TPSA) is 92.1 Å². The maximum Gasteiger partial charge on any atom is 0.246 e. The maximum absolute atomic E-state index is 12.3. The van der Waals surface area contributed by atoms with Gasteiger partial charge in [0.25, 0.3) is 0 Å². The van der Waals surface area contributed by atoms with Gasteiger partial charge in [0.1, 0.15) is 4.90 Å². The van der Waals surface area contributed by atoms with Gasteiger partial charge in [0.2, 0.25) is 10.0 Å². The number of halogens is 1. The van der Waals surface area contributed by atoms with Gasteiger partial charge in [-0.1, -0.05) is 0 Å². The first-order valence-electron chi connectivity index (χ1n) is 5.20. The lowest BCUT2D eigenvalue weighted by atomic mass is 10.3. The van der Waals surface area contributed by atoms with Gasteiger partial charge in [-0.05, 0) is 20.3 Å². The second kappa shape index (κ2) is 4.93. The zero-order valence-electron chi connectivity index (χ0n) is 9.80. The molecule has 0 aliphatic carbocycles. The number of hydrogen-bond acceptors (Lipinski definition) is 4. The van der Waals surface area contributed by atoms with E-state index < -0.39 is 10.0 Å². The molecule has 0 radical (unpaired) electrons. The third kappa shape index (κ3) is 2.47. The van der Waals surface area contributed by atoms with E-state index >= 15 is 0 Å². The molecule has 98 valence electrons. The van der Waals surface area contributed by atoms with Gasteiger partial charge in [-0.2, -0.15) is 9.40 Å². The third-order valence-corrected chi connectivity index (χ3v) is 4.97. The second-order valence-corrected chi connectivity index (χ2v) is 6.05. The van der Waals surface area contributed by atoms with Crippen LogP contribution < -0.4 is 5.73 Å². The largest absolute Gasteiger partial charge is 0.326 e. The average Bonchev–Trinajstić information content (AvgIpc) is 2.74. The van der Waals surface area contributed by atoms with Gasteiger partial charge in [0.15, 0.2) is 0 Å². The number of nitrogens with one attached hydrogen (secondary N) is 1. The third-order valence-electron chi connectivity index (χ3n) is 2.85. The molecule has 1 fully saturated rings. The van der Waals surface area contributed by atoms with E-state index in [9.17, 15) is 8.42 Å². The summed E-state index contributed by atoms with van der Waals surface area (Å²) < 4.78 is 26.0. The minimum atomic E-state index is -3.43. The van der Waals surface area contributed by atoms with Crippen molar-refractivity contribution in [3.8, 4) is 0 Å². The zero-order valence-corrected chi connectivity index (χ0v) is 11.4. The van der Waals surface area contributed by atoms with Gasteiger partial charge >= 0.3 is 0 Å². The summed E-state index contributed by atoms with van der Waals surface area (Å²) in [6.07, 6.45) is 0.717. The van der Waals surface area contributed by atoms with Crippen LogP contribution in [0.2, 0.25) is 0 Å². The van der Waals surface area contributed by atoms with E-state index in [1.807, 2.05) is 0 Å². The molecule has 1 unspecified atom stereocenters. The smallest absolute Gasteiger partial charge is 0.246 e. The summed E-state index contributed by atoms with van der Waals surface area (Å²) >= 11 is 0. The van der Waals surface area contributed by atoms with Crippen LogP contribution >= 0.6 is 12.4 Å². The number of nitrogens with two attached hydrogens (primary N) is 1. The van der Waals surface area contributed by atoms with Crippen LogP contribution in [0.15, 0.2) is 4.90 Å². The van der Waals surface area contributed by atoms with Gasteiger partial charge in [0.05, 0.1) is 11.4 Å². The van der Waals surface area contributed by atoms with Crippen molar-refractivity contribution in [3.63, 3.8) is 0 Å². The summed E-state index contributed by atoms with van der Waals surface area (Å²) in [5, 5.41) is 6.60. The second-order valence-electron chi connectivity index (χ2n) is 4.17. The Morgan fingerprint density at radius 2 is 2.12 bits per heavy atom. The van der Waals surface area contributed by atoms with Crippen molar-refractivity contribution in [2.24, 2.45) is 5.73 Å². The number of sulfonamides is 1. The van der Waals surface area contributed by atoms with Crippen LogP contribution in [0.5, 0.6) is 0 Å². The van der Waals surface area contributed by atoms with Crippen LogP contribution in [0.4, 0.5) is 0 Å². The highest BCUT2D eigenvalue weighted by Gasteiger charge is 2.33. The molecule has 1 saturated heterocycles. The molecule has 17 heavy (non-hydrogen) atoms. The Hall–Kier alpha value is -0.630. The number of aromatic nitrogens is 2. The minimum Gasteiger partial charge on any atom is -0.326 e. The number of aryl methyl sites for hydroxylation is 2. The highest BCUT2D eigenvalue weighted by atomic mass is 35.5. The Morgan fingerprint density at radius 3 is 2.53 bits per heavy atom. The monoisotopic (exact) mass is 280 g/mol. The predicted octanol–water partition coefficient (Wildman–Crippen LogP) is 0.170. The molecule has 0 aromatic carbocycles. The Kier molecular flexibility index (Phi) is 4.19. The number of rotatable bonds is 2. The number of aromatic amines is 1. The Bertz CT molecular complexity index is 480. The van der Waals surface area contributed by atoms with Crippen molar-refractivity contribution in [2.45, 2.75) is 31.2 Å². The van der Waals surface area contributed by atoms with Crippen molar-refractivity contribution in [1.82, 2.24) is 14.5 Å². The number of hydrogen-bond donors (Lipinski definition) is 2. The van der Waals surface area contributed by atoms with Crippen LogP contribution in [-0.2, 0) is 10.0 Å². The molecule has 1 aliphatic rings. The van der Waals surface area contributed by atoms with Gasteiger partial charge < -0.3 is 5.73 Å². The lowest BCUT2D eigenvalue weighted by Crippen LogP contribution is -2.32. The Labute approximate surface area is 107 Å². The molecule has 0 saturated carbocycles. The molecule has 0 bridgehead atoms. The summed E-state index contributed by atoms with van der Waals surface area (Å²) in [6.45, 7) is 4.29. The van der Waals surface area contributed by atoms with E-state index in [0.29, 0.717) is 29.4 Å². The fraction of sp³-hybridized carbons (Fsp3) is 0.667.